The van der Waals surface area contributed by atoms with Crippen molar-refractivity contribution < 1.29 is 9.53 Å². The van der Waals surface area contributed by atoms with Gasteiger partial charge in [-0.1, -0.05) is 25.8 Å². The average molecular weight is 247 g/mol. The molecule has 1 amide bonds. The second-order valence-corrected chi connectivity index (χ2v) is 4.84. The van der Waals surface area contributed by atoms with E-state index in [0.29, 0.717) is 6.42 Å². The van der Waals surface area contributed by atoms with Crippen molar-refractivity contribution in [2.45, 2.75) is 45.7 Å². The van der Waals surface area contributed by atoms with Gasteiger partial charge in [-0.3, -0.25) is 4.79 Å². The lowest BCUT2D eigenvalue weighted by Crippen LogP contribution is -2.24. The van der Waals surface area contributed by atoms with Gasteiger partial charge in [0.15, 0.2) is 0 Å². The van der Waals surface area contributed by atoms with Crippen molar-refractivity contribution in [1.29, 1.82) is 0 Å². The lowest BCUT2D eigenvalue weighted by Gasteiger charge is -2.14. The molecule has 18 heavy (non-hydrogen) atoms. The molecule has 1 heterocycles. The number of ether oxygens (including phenoxy) is 1. The van der Waals surface area contributed by atoms with Crippen LogP contribution >= 0.6 is 0 Å². The first-order valence-corrected chi connectivity index (χ1v) is 6.68. The number of hydrogen-bond donors (Lipinski definition) is 0. The van der Waals surface area contributed by atoms with E-state index in [-0.39, 0.29) is 5.91 Å². The van der Waals surface area contributed by atoms with E-state index in [1.165, 1.54) is 11.1 Å². The van der Waals surface area contributed by atoms with E-state index in [2.05, 4.69) is 13.0 Å². The summed E-state index contributed by atoms with van der Waals surface area (Å²) in [6.45, 7) is 3.64. The van der Waals surface area contributed by atoms with Crippen LogP contribution in [0.25, 0.3) is 0 Å². The van der Waals surface area contributed by atoms with E-state index in [1.54, 1.807) is 7.11 Å². The van der Waals surface area contributed by atoms with Crippen LogP contribution in [0.2, 0.25) is 0 Å². The van der Waals surface area contributed by atoms with Crippen molar-refractivity contribution >= 4 is 5.91 Å². The van der Waals surface area contributed by atoms with Crippen LogP contribution in [0, 0.1) is 0 Å². The average Bonchev–Trinajstić information content (AvgIpc) is 2.81. The van der Waals surface area contributed by atoms with Crippen LogP contribution in [0.15, 0.2) is 18.2 Å². The third kappa shape index (κ3) is 2.84. The number of nitrogens with zero attached hydrogens (tertiary/aromatic N) is 1. The topological polar surface area (TPSA) is 29.5 Å². The summed E-state index contributed by atoms with van der Waals surface area (Å²) < 4.78 is 5.21. The first kappa shape index (κ1) is 12.9. The Morgan fingerprint density at radius 1 is 1.28 bits per heavy atom. The molecule has 98 valence electrons. The van der Waals surface area contributed by atoms with Crippen LogP contribution in [0.3, 0.4) is 0 Å². The van der Waals surface area contributed by atoms with E-state index in [4.69, 9.17) is 4.74 Å². The largest absolute Gasteiger partial charge is 0.497 e. The van der Waals surface area contributed by atoms with Crippen LogP contribution in [0.1, 0.15) is 43.7 Å². The fourth-order valence-electron chi connectivity index (χ4n) is 2.36. The van der Waals surface area contributed by atoms with Gasteiger partial charge >= 0.3 is 0 Å². The lowest BCUT2D eigenvalue weighted by atomic mass is 10.1. The van der Waals surface area contributed by atoms with Gasteiger partial charge in [0.2, 0.25) is 5.91 Å². The van der Waals surface area contributed by atoms with Gasteiger partial charge in [-0.05, 0) is 29.7 Å². The van der Waals surface area contributed by atoms with Crippen molar-refractivity contribution in [2.24, 2.45) is 0 Å². The molecule has 0 saturated heterocycles. The fraction of sp³-hybridized carbons (Fsp3) is 0.533. The molecule has 0 radical (unpaired) electrons. The highest BCUT2D eigenvalue weighted by atomic mass is 16.5. The maximum atomic E-state index is 12.0. The predicted molar refractivity (Wildman–Crippen MR) is 71.4 cm³/mol. The zero-order valence-electron chi connectivity index (χ0n) is 11.2. The number of carbonyl (C=O) groups is 1. The molecule has 0 atom stereocenters. The zero-order chi connectivity index (χ0) is 13.0. The highest BCUT2D eigenvalue weighted by Gasteiger charge is 2.22. The number of benzene rings is 1. The fourth-order valence-corrected chi connectivity index (χ4v) is 2.36. The van der Waals surface area contributed by atoms with Gasteiger partial charge in [0.1, 0.15) is 5.75 Å². The van der Waals surface area contributed by atoms with Crippen LogP contribution in [0.4, 0.5) is 0 Å². The summed E-state index contributed by atoms with van der Waals surface area (Å²) in [5, 5.41) is 0. The number of hydrogen-bond acceptors (Lipinski definition) is 2. The molecule has 1 aliphatic rings. The van der Waals surface area contributed by atoms with Crippen molar-refractivity contribution in [3.05, 3.63) is 29.3 Å². The molecule has 1 aliphatic heterocycles. The van der Waals surface area contributed by atoms with Crippen molar-refractivity contribution in [2.75, 3.05) is 7.11 Å². The van der Waals surface area contributed by atoms with E-state index in [0.717, 1.165) is 38.1 Å². The van der Waals surface area contributed by atoms with E-state index in [9.17, 15) is 4.79 Å². The molecule has 0 unspecified atom stereocenters. The van der Waals surface area contributed by atoms with Crippen LogP contribution in [0.5, 0.6) is 5.75 Å². The van der Waals surface area contributed by atoms with E-state index >= 15 is 0 Å². The van der Waals surface area contributed by atoms with Gasteiger partial charge in [0.05, 0.1) is 7.11 Å². The van der Waals surface area contributed by atoms with Crippen LogP contribution < -0.4 is 4.74 Å². The number of methoxy groups -OCH3 is 1. The Bertz CT molecular complexity index is 429. The normalized spacial score (nSPS) is 13.6. The molecule has 1 aromatic carbocycles. The van der Waals surface area contributed by atoms with Crippen LogP contribution in [-0.4, -0.2) is 17.9 Å². The number of unbranched alkanes of at least 4 members (excludes halogenated alkanes) is 2. The Kier molecular flexibility index (Phi) is 4.24. The minimum atomic E-state index is 0.276. The zero-order valence-corrected chi connectivity index (χ0v) is 11.2. The second-order valence-electron chi connectivity index (χ2n) is 4.84. The molecule has 0 N–H and O–H groups in total. The van der Waals surface area contributed by atoms with E-state index in [1.807, 2.05) is 17.0 Å². The Hall–Kier alpha value is -1.51. The van der Waals surface area contributed by atoms with Gasteiger partial charge in [0, 0.05) is 19.5 Å². The monoisotopic (exact) mass is 247 g/mol. The molecule has 0 fully saturated rings. The van der Waals surface area contributed by atoms with E-state index < -0.39 is 0 Å². The first-order chi connectivity index (χ1) is 8.74. The lowest BCUT2D eigenvalue weighted by molar-refractivity contribution is -0.131. The maximum absolute atomic E-state index is 12.0. The summed E-state index contributed by atoms with van der Waals surface area (Å²) in [6, 6.07) is 6.06. The van der Waals surface area contributed by atoms with Crippen molar-refractivity contribution in [3.63, 3.8) is 0 Å². The summed E-state index contributed by atoms with van der Waals surface area (Å²) in [4.78, 5) is 14.0. The van der Waals surface area contributed by atoms with Crippen LogP contribution in [-0.2, 0) is 17.9 Å². The van der Waals surface area contributed by atoms with Gasteiger partial charge < -0.3 is 9.64 Å². The van der Waals surface area contributed by atoms with Crippen molar-refractivity contribution in [3.8, 4) is 5.75 Å². The summed E-state index contributed by atoms with van der Waals surface area (Å²) in [5.41, 5.74) is 2.47. The third-order valence-electron chi connectivity index (χ3n) is 3.48. The molecule has 2 rings (SSSR count). The predicted octanol–water partition coefficient (Wildman–Crippen LogP) is 3.12. The summed E-state index contributed by atoms with van der Waals surface area (Å²) >= 11 is 0. The highest BCUT2D eigenvalue weighted by molar-refractivity contribution is 5.77. The Balaban J connectivity index is 1.94. The molecule has 0 aliphatic carbocycles. The molecule has 0 bridgehead atoms. The standard InChI is InChI=1S/C15H21NO2/c1-3-4-5-6-15(17)16-10-12-7-8-14(18-2)9-13(12)11-16/h7-9H,3-6,10-11H2,1-2H3. The van der Waals surface area contributed by atoms with Gasteiger partial charge in [-0.25, -0.2) is 0 Å². The quantitative estimate of drug-likeness (QED) is 0.748. The Labute approximate surface area is 109 Å². The first-order valence-electron chi connectivity index (χ1n) is 6.68. The molecule has 0 saturated carbocycles. The Morgan fingerprint density at radius 3 is 2.78 bits per heavy atom. The number of carbonyl (C=O) groups excluding carboxylic acids is 1. The molecule has 0 spiro atoms. The molecule has 1 aromatic rings. The SMILES string of the molecule is CCCCCC(=O)N1Cc2ccc(OC)cc2C1. The minimum absolute atomic E-state index is 0.276. The Morgan fingerprint density at radius 2 is 2.06 bits per heavy atom. The molecule has 0 aromatic heterocycles. The third-order valence-corrected chi connectivity index (χ3v) is 3.48. The smallest absolute Gasteiger partial charge is 0.223 e. The second kappa shape index (κ2) is 5.89. The number of rotatable bonds is 5. The summed E-state index contributed by atoms with van der Waals surface area (Å²) in [6.07, 6.45) is 3.98. The minimum Gasteiger partial charge on any atom is -0.497 e. The summed E-state index contributed by atoms with van der Waals surface area (Å²) in [7, 11) is 1.67. The molecule has 3 nitrogen and oxygen atoms in total. The molecular weight excluding hydrogens is 226 g/mol. The van der Waals surface area contributed by atoms with Crippen molar-refractivity contribution in [1.82, 2.24) is 4.90 Å². The maximum Gasteiger partial charge on any atom is 0.223 e. The number of fused-ring (bicyclic) bond motifs is 1. The van der Waals surface area contributed by atoms with Gasteiger partial charge in [-0.2, -0.15) is 0 Å². The van der Waals surface area contributed by atoms with Gasteiger partial charge in [0.25, 0.3) is 0 Å². The highest BCUT2D eigenvalue weighted by Crippen LogP contribution is 2.27. The van der Waals surface area contributed by atoms with Gasteiger partial charge in [-0.15, -0.1) is 0 Å². The summed E-state index contributed by atoms with van der Waals surface area (Å²) in [5.74, 6) is 1.15. The molecule has 3 heteroatoms. The number of amides is 1. The molecular formula is C15H21NO2.